The molecule has 0 saturated carbocycles. The standard InChI is InChI=1S/C13H20N2O4S/c1-9(2)7-10(13(16)17)8-15-11-5-3-4-6-12(11)20(14,18)19/h3-6,9-10,15H,7-8H2,1-2H3,(H,16,17)(H2,14,18,19). The minimum atomic E-state index is -3.83. The third kappa shape index (κ3) is 4.82. The van der Waals surface area contributed by atoms with E-state index >= 15 is 0 Å². The second-order valence-electron chi connectivity index (χ2n) is 5.09. The zero-order chi connectivity index (χ0) is 15.3. The number of hydrogen-bond donors (Lipinski definition) is 3. The molecule has 7 heteroatoms. The summed E-state index contributed by atoms with van der Waals surface area (Å²) >= 11 is 0. The van der Waals surface area contributed by atoms with E-state index < -0.39 is 21.9 Å². The molecule has 4 N–H and O–H groups in total. The van der Waals surface area contributed by atoms with Crippen molar-refractivity contribution in [2.24, 2.45) is 17.0 Å². The van der Waals surface area contributed by atoms with Crippen LogP contribution in [-0.4, -0.2) is 26.0 Å². The minimum Gasteiger partial charge on any atom is -0.481 e. The third-order valence-corrected chi connectivity index (χ3v) is 3.81. The Hall–Kier alpha value is -1.60. The number of sulfonamides is 1. The molecule has 0 heterocycles. The fraction of sp³-hybridized carbons (Fsp3) is 0.462. The van der Waals surface area contributed by atoms with Crippen LogP contribution in [0.5, 0.6) is 0 Å². The lowest BCUT2D eigenvalue weighted by atomic mass is 9.97. The Bertz CT molecular complexity index is 569. The highest BCUT2D eigenvalue weighted by Crippen LogP contribution is 2.20. The average molecular weight is 300 g/mol. The molecule has 0 spiro atoms. The molecule has 1 unspecified atom stereocenters. The number of rotatable bonds is 7. The second-order valence-corrected chi connectivity index (χ2v) is 6.62. The van der Waals surface area contributed by atoms with Gasteiger partial charge in [0.2, 0.25) is 10.0 Å². The van der Waals surface area contributed by atoms with Crippen molar-refractivity contribution in [3.05, 3.63) is 24.3 Å². The first-order chi connectivity index (χ1) is 9.21. The number of primary sulfonamides is 1. The Morgan fingerprint density at radius 2 is 1.95 bits per heavy atom. The maximum absolute atomic E-state index is 11.4. The molecule has 112 valence electrons. The molecule has 1 rings (SSSR count). The molecule has 0 bridgehead atoms. The van der Waals surface area contributed by atoms with Gasteiger partial charge in [0.05, 0.1) is 11.6 Å². The van der Waals surface area contributed by atoms with E-state index in [4.69, 9.17) is 10.2 Å². The third-order valence-electron chi connectivity index (χ3n) is 2.84. The van der Waals surface area contributed by atoms with Gasteiger partial charge in [-0.2, -0.15) is 0 Å². The number of nitrogens with one attached hydrogen (secondary N) is 1. The van der Waals surface area contributed by atoms with Crippen LogP contribution in [0.15, 0.2) is 29.2 Å². The van der Waals surface area contributed by atoms with E-state index in [1.807, 2.05) is 13.8 Å². The summed E-state index contributed by atoms with van der Waals surface area (Å²) in [6.45, 7) is 4.03. The topological polar surface area (TPSA) is 109 Å². The number of nitrogens with two attached hydrogens (primary N) is 1. The lowest BCUT2D eigenvalue weighted by Gasteiger charge is -2.17. The second kappa shape index (κ2) is 6.71. The molecule has 20 heavy (non-hydrogen) atoms. The SMILES string of the molecule is CC(C)CC(CNc1ccccc1S(N)(=O)=O)C(=O)O. The van der Waals surface area contributed by atoms with E-state index in [1.54, 1.807) is 18.2 Å². The summed E-state index contributed by atoms with van der Waals surface area (Å²) in [7, 11) is -3.83. The molecule has 1 aromatic rings. The molecule has 0 radical (unpaired) electrons. The highest BCUT2D eigenvalue weighted by molar-refractivity contribution is 7.89. The van der Waals surface area contributed by atoms with E-state index in [9.17, 15) is 13.2 Å². The summed E-state index contributed by atoms with van der Waals surface area (Å²) in [6, 6.07) is 6.17. The normalized spacial score (nSPS) is 13.2. The van der Waals surface area contributed by atoms with Crippen molar-refractivity contribution < 1.29 is 18.3 Å². The summed E-state index contributed by atoms with van der Waals surface area (Å²) < 4.78 is 22.9. The number of carboxylic acid groups (broad SMARTS) is 1. The number of benzene rings is 1. The van der Waals surface area contributed by atoms with Crippen molar-refractivity contribution in [1.82, 2.24) is 0 Å². The van der Waals surface area contributed by atoms with Crippen LogP contribution in [-0.2, 0) is 14.8 Å². The summed E-state index contributed by atoms with van der Waals surface area (Å²) in [4.78, 5) is 11.1. The Labute approximate surface area is 119 Å². The van der Waals surface area contributed by atoms with Gasteiger partial charge in [-0.25, -0.2) is 13.6 Å². The van der Waals surface area contributed by atoms with Crippen LogP contribution in [0.4, 0.5) is 5.69 Å². The molecule has 6 nitrogen and oxygen atoms in total. The van der Waals surface area contributed by atoms with Crippen LogP contribution in [0.25, 0.3) is 0 Å². The summed E-state index contributed by atoms with van der Waals surface area (Å²) in [5.41, 5.74) is 0.324. The van der Waals surface area contributed by atoms with Crippen molar-refractivity contribution >= 4 is 21.7 Å². The van der Waals surface area contributed by atoms with Gasteiger partial charge in [0.15, 0.2) is 0 Å². The number of aliphatic carboxylic acids is 1. The van der Waals surface area contributed by atoms with Crippen LogP contribution < -0.4 is 10.5 Å². The Balaban J connectivity index is 2.86. The number of para-hydroxylation sites is 1. The van der Waals surface area contributed by atoms with Gasteiger partial charge in [0.1, 0.15) is 4.90 Å². The van der Waals surface area contributed by atoms with E-state index in [-0.39, 0.29) is 17.4 Å². The lowest BCUT2D eigenvalue weighted by molar-refractivity contribution is -0.141. The fourth-order valence-electron chi connectivity index (χ4n) is 1.93. The van der Waals surface area contributed by atoms with Gasteiger partial charge in [-0.1, -0.05) is 26.0 Å². The Kier molecular flexibility index (Phi) is 5.52. The number of carboxylic acids is 1. The van der Waals surface area contributed by atoms with E-state index in [0.717, 1.165) is 0 Å². The maximum Gasteiger partial charge on any atom is 0.308 e. The zero-order valence-electron chi connectivity index (χ0n) is 11.5. The summed E-state index contributed by atoms with van der Waals surface area (Å²) in [5.74, 6) is -1.24. The van der Waals surface area contributed by atoms with Crippen molar-refractivity contribution in [2.45, 2.75) is 25.2 Å². The smallest absolute Gasteiger partial charge is 0.308 e. The molecule has 1 aromatic carbocycles. The molecule has 0 aromatic heterocycles. The number of carbonyl (C=O) groups is 1. The highest BCUT2D eigenvalue weighted by atomic mass is 32.2. The van der Waals surface area contributed by atoms with Gasteiger partial charge >= 0.3 is 5.97 Å². The van der Waals surface area contributed by atoms with Gasteiger partial charge in [0, 0.05) is 6.54 Å². The first-order valence-electron chi connectivity index (χ1n) is 6.30. The maximum atomic E-state index is 11.4. The Morgan fingerprint density at radius 1 is 1.35 bits per heavy atom. The average Bonchev–Trinajstić information content (AvgIpc) is 2.33. The van der Waals surface area contributed by atoms with Crippen LogP contribution in [0.1, 0.15) is 20.3 Å². The van der Waals surface area contributed by atoms with Gasteiger partial charge in [-0.3, -0.25) is 4.79 Å². The molecular formula is C13H20N2O4S. The molecular weight excluding hydrogens is 280 g/mol. The fourth-order valence-corrected chi connectivity index (χ4v) is 2.65. The van der Waals surface area contributed by atoms with Crippen molar-refractivity contribution in [3.8, 4) is 0 Å². The first kappa shape index (κ1) is 16.5. The first-order valence-corrected chi connectivity index (χ1v) is 7.85. The lowest BCUT2D eigenvalue weighted by Crippen LogP contribution is -2.25. The Morgan fingerprint density at radius 3 is 2.45 bits per heavy atom. The molecule has 0 aliphatic heterocycles. The summed E-state index contributed by atoms with van der Waals surface area (Å²) in [6.07, 6.45) is 0.514. The van der Waals surface area contributed by atoms with Gasteiger partial charge in [-0.15, -0.1) is 0 Å². The number of anilines is 1. The van der Waals surface area contributed by atoms with E-state index in [1.165, 1.54) is 6.07 Å². The molecule has 0 amide bonds. The van der Waals surface area contributed by atoms with Crippen molar-refractivity contribution in [2.75, 3.05) is 11.9 Å². The van der Waals surface area contributed by atoms with Crippen LogP contribution in [0, 0.1) is 11.8 Å². The molecule has 0 aliphatic carbocycles. The zero-order valence-corrected chi connectivity index (χ0v) is 12.4. The predicted molar refractivity (Wildman–Crippen MR) is 76.9 cm³/mol. The molecule has 1 atom stereocenters. The van der Waals surface area contributed by atoms with Crippen LogP contribution in [0.3, 0.4) is 0 Å². The molecule has 0 saturated heterocycles. The van der Waals surface area contributed by atoms with Crippen LogP contribution in [0.2, 0.25) is 0 Å². The van der Waals surface area contributed by atoms with Gasteiger partial charge in [0.25, 0.3) is 0 Å². The van der Waals surface area contributed by atoms with E-state index in [0.29, 0.717) is 12.1 Å². The largest absolute Gasteiger partial charge is 0.481 e. The number of hydrogen-bond acceptors (Lipinski definition) is 4. The van der Waals surface area contributed by atoms with Gasteiger partial charge < -0.3 is 10.4 Å². The van der Waals surface area contributed by atoms with Crippen LogP contribution >= 0.6 is 0 Å². The minimum absolute atomic E-state index is 0.0336. The summed E-state index contributed by atoms with van der Waals surface area (Å²) in [5, 5.41) is 17.1. The highest BCUT2D eigenvalue weighted by Gasteiger charge is 2.20. The molecule has 0 fully saturated rings. The quantitative estimate of drug-likeness (QED) is 0.707. The van der Waals surface area contributed by atoms with Crippen molar-refractivity contribution in [3.63, 3.8) is 0 Å². The molecule has 0 aliphatic rings. The van der Waals surface area contributed by atoms with Crippen molar-refractivity contribution in [1.29, 1.82) is 0 Å². The van der Waals surface area contributed by atoms with Gasteiger partial charge in [-0.05, 0) is 24.5 Å². The van der Waals surface area contributed by atoms with E-state index in [2.05, 4.69) is 5.32 Å². The predicted octanol–water partition coefficient (Wildman–Crippen LogP) is 1.49. The monoisotopic (exact) mass is 300 g/mol.